The summed E-state index contributed by atoms with van der Waals surface area (Å²) >= 11 is 0. The lowest BCUT2D eigenvalue weighted by molar-refractivity contribution is 0.549. The van der Waals surface area contributed by atoms with E-state index in [0.717, 1.165) is 24.2 Å². The van der Waals surface area contributed by atoms with Gasteiger partial charge in [0, 0.05) is 19.0 Å². The van der Waals surface area contributed by atoms with Gasteiger partial charge in [0.1, 0.15) is 0 Å². The third-order valence-corrected chi connectivity index (χ3v) is 3.04. The summed E-state index contributed by atoms with van der Waals surface area (Å²) in [5.41, 5.74) is 0.885. The van der Waals surface area contributed by atoms with Gasteiger partial charge in [0.2, 0.25) is 5.96 Å². The van der Waals surface area contributed by atoms with Gasteiger partial charge in [-0.25, -0.2) is 4.99 Å². The maximum absolute atomic E-state index is 4.32. The molecule has 2 aromatic carbocycles. The van der Waals surface area contributed by atoms with Gasteiger partial charge < -0.3 is 4.90 Å². The fraction of sp³-hybridized carbons (Fsp3) is 0.214. The molecule has 0 bridgehead atoms. The minimum absolute atomic E-state index is 0.711. The fourth-order valence-corrected chi connectivity index (χ4v) is 2.02. The predicted octanol–water partition coefficient (Wildman–Crippen LogP) is 3.22. The molecule has 0 aliphatic carbocycles. The van der Waals surface area contributed by atoms with Crippen molar-refractivity contribution in [2.75, 3.05) is 20.1 Å². The molecule has 2 aromatic rings. The zero-order valence-electron chi connectivity index (χ0n) is 10.2. The molecule has 0 saturated heterocycles. The average Bonchev–Trinajstić information content (AvgIpc) is 2.82. The lowest BCUT2D eigenvalue weighted by atomic mass is 10.1. The van der Waals surface area contributed by atoms with Crippen LogP contribution in [-0.2, 0) is 0 Å². The van der Waals surface area contributed by atoms with Gasteiger partial charge in [-0.3, -0.25) is 0 Å². The summed E-state index contributed by atoms with van der Waals surface area (Å²) in [5.74, 6) is 0.711. The fourth-order valence-electron chi connectivity index (χ4n) is 2.02. The molecular weight excluding hydrogens is 224 g/mol. The molecule has 3 rings (SSSR count). The van der Waals surface area contributed by atoms with E-state index >= 15 is 0 Å². The molecule has 0 aromatic heterocycles. The molecule has 90 valence electrons. The Kier molecular flexibility index (Phi) is 2.76. The second-order valence-electron chi connectivity index (χ2n) is 4.30. The number of aliphatic imine (C=N–C) groups is 1. The van der Waals surface area contributed by atoms with Crippen LogP contribution in [0.2, 0.25) is 0 Å². The van der Waals surface area contributed by atoms with Crippen LogP contribution in [0.1, 0.15) is 0 Å². The molecule has 4 heteroatoms. The molecular formula is C14H14N4. The van der Waals surface area contributed by atoms with E-state index in [9.17, 15) is 0 Å². The number of azo groups is 1. The molecule has 1 aliphatic rings. The molecule has 0 spiro atoms. The van der Waals surface area contributed by atoms with E-state index in [4.69, 9.17) is 0 Å². The van der Waals surface area contributed by atoms with Crippen molar-refractivity contribution in [1.82, 2.24) is 4.90 Å². The number of guanidine groups is 1. The van der Waals surface area contributed by atoms with E-state index in [-0.39, 0.29) is 0 Å². The number of hydrogen-bond acceptors (Lipinski definition) is 4. The van der Waals surface area contributed by atoms with Crippen LogP contribution in [-0.4, -0.2) is 31.0 Å². The smallest absolute Gasteiger partial charge is 0.240 e. The van der Waals surface area contributed by atoms with E-state index in [1.165, 1.54) is 5.39 Å². The van der Waals surface area contributed by atoms with Crippen LogP contribution in [0, 0.1) is 0 Å². The Morgan fingerprint density at radius 3 is 2.72 bits per heavy atom. The zero-order valence-corrected chi connectivity index (χ0v) is 10.2. The largest absolute Gasteiger partial charge is 0.341 e. The van der Waals surface area contributed by atoms with E-state index in [0.29, 0.717) is 5.96 Å². The molecule has 0 radical (unpaired) electrons. The van der Waals surface area contributed by atoms with Crippen LogP contribution in [0.15, 0.2) is 57.7 Å². The molecule has 0 amide bonds. The first kappa shape index (κ1) is 10.9. The highest BCUT2D eigenvalue weighted by Gasteiger charge is 2.11. The Morgan fingerprint density at radius 1 is 1.06 bits per heavy atom. The highest BCUT2D eigenvalue weighted by Crippen LogP contribution is 2.25. The van der Waals surface area contributed by atoms with Crippen LogP contribution in [0.4, 0.5) is 5.69 Å². The molecule has 18 heavy (non-hydrogen) atoms. The van der Waals surface area contributed by atoms with Gasteiger partial charge in [-0.1, -0.05) is 36.4 Å². The molecule has 0 fully saturated rings. The Labute approximate surface area is 106 Å². The summed E-state index contributed by atoms with van der Waals surface area (Å²) < 4.78 is 0. The van der Waals surface area contributed by atoms with Gasteiger partial charge in [-0.05, 0) is 11.5 Å². The maximum Gasteiger partial charge on any atom is 0.240 e. The normalized spacial score (nSPS) is 15.6. The van der Waals surface area contributed by atoms with Crippen molar-refractivity contribution in [3.63, 3.8) is 0 Å². The third-order valence-electron chi connectivity index (χ3n) is 3.04. The van der Waals surface area contributed by atoms with Gasteiger partial charge >= 0.3 is 0 Å². The van der Waals surface area contributed by atoms with Gasteiger partial charge in [-0.15, -0.1) is 10.2 Å². The van der Waals surface area contributed by atoms with Crippen LogP contribution < -0.4 is 0 Å². The number of fused-ring (bicyclic) bond motifs is 1. The van der Waals surface area contributed by atoms with Crippen molar-refractivity contribution >= 4 is 22.4 Å². The van der Waals surface area contributed by atoms with E-state index < -0.39 is 0 Å². The van der Waals surface area contributed by atoms with Gasteiger partial charge in [0.15, 0.2) is 0 Å². The summed E-state index contributed by atoms with van der Waals surface area (Å²) in [6.45, 7) is 1.73. The molecule has 4 nitrogen and oxygen atoms in total. The predicted molar refractivity (Wildman–Crippen MR) is 73.4 cm³/mol. The van der Waals surface area contributed by atoms with Crippen molar-refractivity contribution in [2.45, 2.75) is 0 Å². The van der Waals surface area contributed by atoms with E-state index in [2.05, 4.69) is 33.4 Å². The van der Waals surface area contributed by atoms with Crippen LogP contribution in [0.3, 0.4) is 0 Å². The van der Waals surface area contributed by atoms with Crippen LogP contribution >= 0.6 is 0 Å². The lowest BCUT2D eigenvalue weighted by Crippen LogP contribution is -2.20. The molecule has 1 aliphatic heterocycles. The quantitative estimate of drug-likeness (QED) is 0.703. The minimum atomic E-state index is 0.711. The monoisotopic (exact) mass is 238 g/mol. The molecule has 1 heterocycles. The van der Waals surface area contributed by atoms with Gasteiger partial charge in [0.05, 0.1) is 12.2 Å². The van der Waals surface area contributed by atoms with Crippen molar-refractivity contribution in [1.29, 1.82) is 0 Å². The Bertz CT molecular complexity index is 625. The Balaban J connectivity index is 1.98. The molecule has 0 saturated carbocycles. The van der Waals surface area contributed by atoms with Crippen molar-refractivity contribution in [3.8, 4) is 0 Å². The second-order valence-corrected chi connectivity index (χ2v) is 4.30. The Hall–Kier alpha value is -2.23. The Morgan fingerprint density at radius 2 is 1.89 bits per heavy atom. The first-order valence-electron chi connectivity index (χ1n) is 6.00. The zero-order chi connectivity index (χ0) is 12.4. The highest BCUT2D eigenvalue weighted by molar-refractivity contribution is 5.92. The first-order chi connectivity index (χ1) is 8.84. The standard InChI is InChI=1S/C14H14N4/c1-18-10-9-15-14(18)17-16-13-8-4-6-11-5-2-3-7-12(11)13/h2-8H,9-10H2,1H3. The number of hydrogen-bond donors (Lipinski definition) is 0. The number of benzene rings is 2. The van der Waals surface area contributed by atoms with Gasteiger partial charge in [0.25, 0.3) is 0 Å². The van der Waals surface area contributed by atoms with E-state index in [1.54, 1.807) is 0 Å². The third kappa shape index (κ3) is 1.97. The van der Waals surface area contributed by atoms with Crippen LogP contribution in [0.5, 0.6) is 0 Å². The lowest BCUT2D eigenvalue weighted by Gasteiger charge is -2.07. The molecule has 0 N–H and O–H groups in total. The number of likely N-dealkylation sites (N-methyl/N-ethyl adjacent to an activating group) is 1. The van der Waals surface area contributed by atoms with Crippen molar-refractivity contribution in [2.24, 2.45) is 15.2 Å². The topological polar surface area (TPSA) is 40.3 Å². The molecule has 0 unspecified atom stereocenters. The summed E-state index contributed by atoms with van der Waals surface area (Å²) in [4.78, 5) is 6.30. The number of nitrogens with zero attached hydrogens (tertiary/aromatic N) is 4. The first-order valence-corrected chi connectivity index (χ1v) is 6.00. The van der Waals surface area contributed by atoms with Gasteiger partial charge in [-0.2, -0.15) is 0 Å². The number of rotatable bonds is 1. The van der Waals surface area contributed by atoms with E-state index in [1.807, 2.05) is 36.2 Å². The average molecular weight is 238 g/mol. The second kappa shape index (κ2) is 4.56. The maximum atomic E-state index is 4.32. The minimum Gasteiger partial charge on any atom is -0.341 e. The summed E-state index contributed by atoms with van der Waals surface area (Å²) in [7, 11) is 1.98. The highest BCUT2D eigenvalue weighted by atomic mass is 15.3. The van der Waals surface area contributed by atoms with Crippen molar-refractivity contribution in [3.05, 3.63) is 42.5 Å². The SMILES string of the molecule is CN1CCN=C1N=Nc1cccc2ccccc12. The summed E-state index contributed by atoms with van der Waals surface area (Å²) in [6.07, 6.45) is 0. The van der Waals surface area contributed by atoms with Crippen molar-refractivity contribution < 1.29 is 0 Å². The molecule has 0 atom stereocenters. The summed E-state index contributed by atoms with van der Waals surface area (Å²) in [6, 6.07) is 14.2. The van der Waals surface area contributed by atoms with Crippen LogP contribution in [0.25, 0.3) is 10.8 Å². The summed E-state index contributed by atoms with van der Waals surface area (Å²) in [5, 5.41) is 10.8.